The molecule has 22 heavy (non-hydrogen) atoms. The van der Waals surface area contributed by atoms with Crippen LogP contribution in [0.25, 0.3) is 11.6 Å². The van der Waals surface area contributed by atoms with Crippen molar-refractivity contribution >= 4 is 17.4 Å². The average molecular weight is 289 g/mol. The van der Waals surface area contributed by atoms with Crippen LogP contribution in [0.5, 0.6) is 5.75 Å². The van der Waals surface area contributed by atoms with Crippen molar-refractivity contribution < 1.29 is 4.74 Å². The predicted octanol–water partition coefficient (Wildman–Crippen LogP) is 4.98. The van der Waals surface area contributed by atoms with E-state index in [4.69, 9.17) is 10.1 Å². The molecule has 0 spiro atoms. The van der Waals surface area contributed by atoms with Gasteiger partial charge in [-0.1, -0.05) is 60.2 Å². The molecule has 1 aliphatic carbocycles. The molecule has 0 heterocycles. The smallest absolute Gasteiger partial charge is 0.118 e. The summed E-state index contributed by atoms with van der Waals surface area (Å²) >= 11 is 0. The molecule has 0 fully saturated rings. The van der Waals surface area contributed by atoms with Gasteiger partial charge in [0.05, 0.1) is 7.11 Å². The SMILES string of the molecule is COc1ccc(C=C2CC=C(c3ccccc3)C(=N)C2)cc1. The Morgan fingerprint density at radius 2 is 1.73 bits per heavy atom. The molecular formula is C20H19NO. The fraction of sp³-hybridized carbons (Fsp3) is 0.150. The third-order valence-corrected chi connectivity index (χ3v) is 3.87. The van der Waals surface area contributed by atoms with E-state index in [1.54, 1.807) is 7.11 Å². The van der Waals surface area contributed by atoms with Gasteiger partial charge in [-0.3, -0.25) is 0 Å². The lowest BCUT2D eigenvalue weighted by atomic mass is 9.88. The fourth-order valence-electron chi connectivity index (χ4n) is 2.71. The van der Waals surface area contributed by atoms with E-state index < -0.39 is 0 Å². The zero-order valence-corrected chi connectivity index (χ0v) is 12.7. The first-order valence-corrected chi connectivity index (χ1v) is 7.43. The fourth-order valence-corrected chi connectivity index (χ4v) is 2.71. The van der Waals surface area contributed by atoms with Crippen LogP contribution in [0, 0.1) is 5.41 Å². The zero-order chi connectivity index (χ0) is 15.4. The second-order valence-corrected chi connectivity index (χ2v) is 5.42. The summed E-state index contributed by atoms with van der Waals surface area (Å²) in [5.74, 6) is 0.866. The summed E-state index contributed by atoms with van der Waals surface area (Å²) in [5.41, 5.74) is 5.32. The van der Waals surface area contributed by atoms with Crippen LogP contribution in [0.1, 0.15) is 24.0 Å². The molecule has 0 atom stereocenters. The maximum Gasteiger partial charge on any atom is 0.118 e. The molecule has 0 unspecified atom stereocenters. The number of nitrogens with one attached hydrogen (secondary N) is 1. The summed E-state index contributed by atoms with van der Waals surface area (Å²) in [6.45, 7) is 0. The van der Waals surface area contributed by atoms with Crippen LogP contribution in [0.15, 0.2) is 66.2 Å². The minimum Gasteiger partial charge on any atom is -0.497 e. The van der Waals surface area contributed by atoms with Gasteiger partial charge in [0.25, 0.3) is 0 Å². The lowest BCUT2D eigenvalue weighted by molar-refractivity contribution is 0.415. The highest BCUT2D eigenvalue weighted by Gasteiger charge is 2.15. The standard InChI is InChI=1S/C20H19NO/c1-22-18-10-7-15(8-11-18)13-16-9-12-19(20(21)14-16)17-5-3-2-4-6-17/h2-8,10-13,21H,9,14H2,1H3. The van der Waals surface area contributed by atoms with Crippen molar-refractivity contribution in [2.24, 2.45) is 0 Å². The van der Waals surface area contributed by atoms with Crippen molar-refractivity contribution in [3.05, 3.63) is 77.4 Å². The molecule has 0 aliphatic heterocycles. The Morgan fingerprint density at radius 3 is 2.36 bits per heavy atom. The van der Waals surface area contributed by atoms with E-state index in [1.165, 1.54) is 5.57 Å². The Balaban J connectivity index is 1.80. The molecule has 0 amide bonds. The van der Waals surface area contributed by atoms with Crippen molar-refractivity contribution in [1.29, 1.82) is 5.41 Å². The lowest BCUT2D eigenvalue weighted by Gasteiger charge is -2.17. The second-order valence-electron chi connectivity index (χ2n) is 5.42. The number of benzene rings is 2. The number of ether oxygens (including phenoxy) is 1. The number of allylic oxidation sites excluding steroid dienone is 3. The molecule has 2 aromatic carbocycles. The summed E-state index contributed by atoms with van der Waals surface area (Å²) in [5, 5.41) is 8.31. The molecule has 0 saturated heterocycles. The van der Waals surface area contributed by atoms with E-state index in [0.29, 0.717) is 12.1 Å². The molecule has 2 aromatic rings. The monoisotopic (exact) mass is 289 g/mol. The molecule has 1 N–H and O–H groups in total. The highest BCUT2D eigenvalue weighted by Crippen LogP contribution is 2.28. The van der Waals surface area contributed by atoms with Gasteiger partial charge in [0.15, 0.2) is 0 Å². The lowest BCUT2D eigenvalue weighted by Crippen LogP contribution is -2.07. The second kappa shape index (κ2) is 6.44. The van der Waals surface area contributed by atoms with Gasteiger partial charge >= 0.3 is 0 Å². The molecule has 0 aromatic heterocycles. The van der Waals surface area contributed by atoms with Crippen molar-refractivity contribution in [2.75, 3.05) is 7.11 Å². The van der Waals surface area contributed by atoms with E-state index in [0.717, 1.165) is 28.9 Å². The van der Waals surface area contributed by atoms with Crippen molar-refractivity contribution in [1.82, 2.24) is 0 Å². The largest absolute Gasteiger partial charge is 0.497 e. The van der Waals surface area contributed by atoms with Crippen LogP contribution in [0.2, 0.25) is 0 Å². The summed E-state index contributed by atoms with van der Waals surface area (Å²) in [6, 6.07) is 18.2. The highest BCUT2D eigenvalue weighted by molar-refractivity contribution is 6.24. The number of methoxy groups -OCH3 is 1. The van der Waals surface area contributed by atoms with Gasteiger partial charge in [-0.05, 0) is 35.3 Å². The predicted molar refractivity (Wildman–Crippen MR) is 92.4 cm³/mol. The molecule has 3 rings (SSSR count). The van der Waals surface area contributed by atoms with Crippen LogP contribution in [-0.2, 0) is 0 Å². The van der Waals surface area contributed by atoms with Gasteiger partial charge in [0.2, 0.25) is 0 Å². The first-order valence-electron chi connectivity index (χ1n) is 7.43. The Labute approximate surface area is 131 Å². The third kappa shape index (κ3) is 3.17. The molecule has 0 radical (unpaired) electrons. The van der Waals surface area contributed by atoms with Crippen LogP contribution < -0.4 is 4.74 Å². The maximum absolute atomic E-state index is 8.31. The van der Waals surface area contributed by atoms with E-state index in [1.807, 2.05) is 42.5 Å². The van der Waals surface area contributed by atoms with E-state index >= 15 is 0 Å². The van der Waals surface area contributed by atoms with Crippen LogP contribution in [-0.4, -0.2) is 12.8 Å². The first kappa shape index (κ1) is 14.3. The molecule has 110 valence electrons. The quantitative estimate of drug-likeness (QED) is 0.849. The Morgan fingerprint density at radius 1 is 1.00 bits per heavy atom. The third-order valence-electron chi connectivity index (χ3n) is 3.87. The summed E-state index contributed by atoms with van der Waals surface area (Å²) in [7, 11) is 1.67. The van der Waals surface area contributed by atoms with Crippen LogP contribution >= 0.6 is 0 Å². The van der Waals surface area contributed by atoms with Gasteiger partial charge in [0.1, 0.15) is 5.75 Å². The van der Waals surface area contributed by atoms with Crippen molar-refractivity contribution in [3.63, 3.8) is 0 Å². The number of hydrogen-bond donors (Lipinski definition) is 1. The van der Waals surface area contributed by atoms with Gasteiger partial charge in [0, 0.05) is 12.1 Å². The molecular weight excluding hydrogens is 270 g/mol. The van der Waals surface area contributed by atoms with Crippen molar-refractivity contribution in [2.45, 2.75) is 12.8 Å². The first-order chi connectivity index (χ1) is 10.8. The van der Waals surface area contributed by atoms with E-state index in [2.05, 4.69) is 24.3 Å². The molecule has 0 bridgehead atoms. The van der Waals surface area contributed by atoms with Crippen LogP contribution in [0.4, 0.5) is 0 Å². The zero-order valence-electron chi connectivity index (χ0n) is 12.7. The van der Waals surface area contributed by atoms with Crippen LogP contribution in [0.3, 0.4) is 0 Å². The maximum atomic E-state index is 8.31. The van der Waals surface area contributed by atoms with Gasteiger partial charge in [-0.15, -0.1) is 0 Å². The molecule has 1 aliphatic rings. The minimum atomic E-state index is 0.692. The topological polar surface area (TPSA) is 33.1 Å². The minimum absolute atomic E-state index is 0.692. The normalized spacial score (nSPS) is 16.5. The molecule has 0 saturated carbocycles. The summed E-state index contributed by atoms with van der Waals surface area (Å²) in [6.07, 6.45) is 5.95. The van der Waals surface area contributed by atoms with E-state index in [9.17, 15) is 0 Å². The Hall–Kier alpha value is -2.61. The summed E-state index contributed by atoms with van der Waals surface area (Å²) in [4.78, 5) is 0. The number of rotatable bonds is 3. The van der Waals surface area contributed by atoms with Crippen molar-refractivity contribution in [3.8, 4) is 5.75 Å². The molecule has 2 heteroatoms. The van der Waals surface area contributed by atoms with Gasteiger partial charge in [-0.2, -0.15) is 0 Å². The average Bonchev–Trinajstić information content (AvgIpc) is 2.56. The number of hydrogen-bond acceptors (Lipinski definition) is 2. The summed E-state index contributed by atoms with van der Waals surface area (Å²) < 4.78 is 5.17. The highest BCUT2D eigenvalue weighted by atomic mass is 16.5. The van der Waals surface area contributed by atoms with Gasteiger partial charge in [-0.25, -0.2) is 0 Å². The van der Waals surface area contributed by atoms with Gasteiger partial charge < -0.3 is 10.1 Å². The van der Waals surface area contributed by atoms with E-state index in [-0.39, 0.29) is 0 Å². The Kier molecular flexibility index (Phi) is 4.19. The molecule has 2 nitrogen and oxygen atoms in total. The Bertz CT molecular complexity index is 724.